The first-order chi connectivity index (χ1) is 9.04. The average Bonchev–Trinajstić information content (AvgIpc) is 2.77. The number of carbonyl (C=O) groups excluding carboxylic acids is 1. The molecule has 0 saturated heterocycles. The number of pyridine rings is 1. The Morgan fingerprint density at radius 1 is 1.58 bits per heavy atom. The second kappa shape index (κ2) is 5.25. The van der Waals surface area contributed by atoms with Crippen LogP contribution in [-0.2, 0) is 11.3 Å². The first kappa shape index (κ1) is 12.7. The van der Waals surface area contributed by atoms with E-state index < -0.39 is 4.92 Å². The quantitative estimate of drug-likeness (QED) is 0.656. The van der Waals surface area contributed by atoms with E-state index in [4.69, 9.17) is 0 Å². The van der Waals surface area contributed by atoms with Crippen molar-refractivity contribution in [3.8, 4) is 0 Å². The normalized spacial score (nSPS) is 10.2. The summed E-state index contributed by atoms with van der Waals surface area (Å²) in [5, 5.41) is 16.8. The van der Waals surface area contributed by atoms with Gasteiger partial charge in [-0.05, 0) is 24.6 Å². The molecule has 8 heteroatoms. The Morgan fingerprint density at radius 2 is 2.37 bits per heavy atom. The monoisotopic (exact) mass is 261 g/mol. The van der Waals surface area contributed by atoms with Crippen LogP contribution in [0.1, 0.15) is 5.56 Å². The molecule has 2 aromatic heterocycles. The van der Waals surface area contributed by atoms with Crippen LogP contribution in [-0.4, -0.2) is 25.6 Å². The molecular formula is C11H11N5O3. The number of rotatable bonds is 4. The van der Waals surface area contributed by atoms with Crippen molar-refractivity contribution in [2.24, 2.45) is 0 Å². The molecule has 0 aromatic carbocycles. The van der Waals surface area contributed by atoms with Gasteiger partial charge >= 0.3 is 5.69 Å². The van der Waals surface area contributed by atoms with Crippen molar-refractivity contribution in [2.75, 3.05) is 5.32 Å². The Morgan fingerprint density at radius 3 is 3.00 bits per heavy atom. The van der Waals surface area contributed by atoms with Crippen LogP contribution in [0.15, 0.2) is 30.7 Å². The van der Waals surface area contributed by atoms with Gasteiger partial charge in [0.15, 0.2) is 0 Å². The third-order valence-electron chi connectivity index (χ3n) is 2.32. The molecule has 0 fully saturated rings. The minimum atomic E-state index is -0.566. The molecule has 0 saturated carbocycles. The maximum atomic E-state index is 11.7. The maximum absolute atomic E-state index is 11.7. The fraction of sp³-hybridized carbons (Fsp3) is 0.182. The number of nitrogens with one attached hydrogen (secondary N) is 1. The highest BCUT2D eigenvalue weighted by molar-refractivity contribution is 5.89. The van der Waals surface area contributed by atoms with E-state index in [1.54, 1.807) is 12.3 Å². The molecule has 0 aliphatic carbocycles. The lowest BCUT2D eigenvalue weighted by Crippen LogP contribution is -2.19. The van der Waals surface area contributed by atoms with Gasteiger partial charge in [-0.15, -0.1) is 0 Å². The van der Waals surface area contributed by atoms with Crippen LogP contribution in [0.5, 0.6) is 0 Å². The third kappa shape index (κ3) is 3.35. The van der Waals surface area contributed by atoms with Crippen molar-refractivity contribution in [1.82, 2.24) is 14.8 Å². The van der Waals surface area contributed by atoms with E-state index >= 15 is 0 Å². The topological polar surface area (TPSA) is 103 Å². The van der Waals surface area contributed by atoms with Crippen molar-refractivity contribution < 1.29 is 9.72 Å². The van der Waals surface area contributed by atoms with Gasteiger partial charge in [0.2, 0.25) is 5.91 Å². The number of aryl methyl sites for hydroxylation is 1. The number of carbonyl (C=O) groups is 1. The van der Waals surface area contributed by atoms with Crippen LogP contribution in [0.3, 0.4) is 0 Å². The SMILES string of the molecule is Cc1ccnc(NC(=O)Cn2cc([N+](=O)[O-])cn2)c1. The fourth-order valence-electron chi connectivity index (χ4n) is 1.47. The molecule has 8 nitrogen and oxygen atoms in total. The van der Waals surface area contributed by atoms with Gasteiger partial charge in [0.25, 0.3) is 0 Å². The summed E-state index contributed by atoms with van der Waals surface area (Å²) in [4.78, 5) is 25.6. The predicted octanol–water partition coefficient (Wildman–Crippen LogP) is 1.13. The van der Waals surface area contributed by atoms with Gasteiger partial charge in [0.1, 0.15) is 24.8 Å². The Bertz CT molecular complexity index is 622. The van der Waals surface area contributed by atoms with Crippen LogP contribution in [0.25, 0.3) is 0 Å². The molecule has 2 heterocycles. The fourth-order valence-corrected chi connectivity index (χ4v) is 1.47. The van der Waals surface area contributed by atoms with Crippen molar-refractivity contribution >= 4 is 17.4 Å². The van der Waals surface area contributed by atoms with Crippen molar-refractivity contribution in [3.63, 3.8) is 0 Å². The Balaban J connectivity index is 1.99. The average molecular weight is 261 g/mol. The first-order valence-electron chi connectivity index (χ1n) is 5.44. The number of hydrogen-bond acceptors (Lipinski definition) is 5. The van der Waals surface area contributed by atoms with Crippen LogP contribution < -0.4 is 5.32 Å². The van der Waals surface area contributed by atoms with Gasteiger partial charge in [-0.3, -0.25) is 19.6 Å². The predicted molar refractivity (Wildman–Crippen MR) is 66.5 cm³/mol. The second-order valence-corrected chi connectivity index (χ2v) is 3.92. The summed E-state index contributed by atoms with van der Waals surface area (Å²) < 4.78 is 1.20. The van der Waals surface area contributed by atoms with E-state index in [0.717, 1.165) is 11.8 Å². The highest BCUT2D eigenvalue weighted by atomic mass is 16.6. The summed E-state index contributed by atoms with van der Waals surface area (Å²) in [5.41, 5.74) is 0.821. The molecule has 19 heavy (non-hydrogen) atoms. The molecule has 0 atom stereocenters. The minimum Gasteiger partial charge on any atom is -0.309 e. The standard InChI is InChI=1S/C11H11N5O3/c1-8-2-3-12-10(4-8)14-11(17)7-15-6-9(5-13-15)16(18)19/h2-6H,7H2,1H3,(H,12,14,17). The smallest absolute Gasteiger partial charge is 0.307 e. The molecule has 0 spiro atoms. The van der Waals surface area contributed by atoms with Crippen LogP contribution in [0.2, 0.25) is 0 Å². The molecule has 98 valence electrons. The van der Waals surface area contributed by atoms with Crippen LogP contribution >= 0.6 is 0 Å². The zero-order valence-electron chi connectivity index (χ0n) is 10.1. The van der Waals surface area contributed by atoms with Gasteiger partial charge in [0, 0.05) is 6.20 Å². The molecule has 2 aromatic rings. The summed E-state index contributed by atoms with van der Waals surface area (Å²) in [6.45, 7) is 1.78. The van der Waals surface area contributed by atoms with E-state index in [-0.39, 0.29) is 18.1 Å². The number of nitro groups is 1. The number of anilines is 1. The highest BCUT2D eigenvalue weighted by Crippen LogP contribution is 2.08. The molecule has 0 unspecified atom stereocenters. The van der Waals surface area contributed by atoms with Gasteiger partial charge in [-0.25, -0.2) is 4.98 Å². The summed E-state index contributed by atoms with van der Waals surface area (Å²) in [6.07, 6.45) is 3.88. The summed E-state index contributed by atoms with van der Waals surface area (Å²) >= 11 is 0. The van der Waals surface area contributed by atoms with Gasteiger partial charge in [-0.2, -0.15) is 5.10 Å². The number of hydrogen-bond donors (Lipinski definition) is 1. The molecule has 1 N–H and O–H groups in total. The molecule has 0 aliphatic heterocycles. The molecule has 0 bridgehead atoms. The molecule has 0 radical (unpaired) electrons. The number of aromatic nitrogens is 3. The lowest BCUT2D eigenvalue weighted by atomic mass is 10.3. The van der Waals surface area contributed by atoms with E-state index in [2.05, 4.69) is 15.4 Å². The van der Waals surface area contributed by atoms with Crippen LogP contribution in [0, 0.1) is 17.0 Å². The number of nitrogens with zero attached hydrogens (tertiary/aromatic N) is 4. The Kier molecular flexibility index (Phi) is 3.51. The van der Waals surface area contributed by atoms with E-state index in [1.165, 1.54) is 10.9 Å². The zero-order valence-corrected chi connectivity index (χ0v) is 10.1. The summed E-state index contributed by atoms with van der Waals surface area (Å²) in [5.74, 6) is 0.0859. The summed E-state index contributed by atoms with van der Waals surface area (Å²) in [6, 6.07) is 3.54. The highest BCUT2D eigenvalue weighted by Gasteiger charge is 2.11. The van der Waals surface area contributed by atoms with Gasteiger partial charge in [0.05, 0.1) is 4.92 Å². The van der Waals surface area contributed by atoms with Crippen molar-refractivity contribution in [1.29, 1.82) is 0 Å². The lowest BCUT2D eigenvalue weighted by Gasteiger charge is -2.04. The van der Waals surface area contributed by atoms with Crippen molar-refractivity contribution in [3.05, 3.63) is 46.4 Å². The zero-order chi connectivity index (χ0) is 13.8. The molecule has 0 aliphatic rings. The Labute approximate surface area is 108 Å². The first-order valence-corrected chi connectivity index (χ1v) is 5.44. The van der Waals surface area contributed by atoms with E-state index in [9.17, 15) is 14.9 Å². The minimum absolute atomic E-state index is 0.108. The van der Waals surface area contributed by atoms with Gasteiger partial charge < -0.3 is 5.32 Å². The molecule has 1 amide bonds. The lowest BCUT2D eigenvalue weighted by molar-refractivity contribution is -0.385. The third-order valence-corrected chi connectivity index (χ3v) is 2.32. The number of amides is 1. The largest absolute Gasteiger partial charge is 0.309 e. The van der Waals surface area contributed by atoms with Crippen molar-refractivity contribution in [2.45, 2.75) is 13.5 Å². The maximum Gasteiger partial charge on any atom is 0.307 e. The molecule has 2 rings (SSSR count). The Hall–Kier alpha value is -2.77. The summed E-state index contributed by atoms with van der Waals surface area (Å²) in [7, 11) is 0. The molecular weight excluding hydrogens is 250 g/mol. The van der Waals surface area contributed by atoms with E-state index in [0.29, 0.717) is 5.82 Å². The van der Waals surface area contributed by atoms with Gasteiger partial charge in [-0.1, -0.05) is 0 Å². The van der Waals surface area contributed by atoms with Crippen LogP contribution in [0.4, 0.5) is 11.5 Å². The van der Waals surface area contributed by atoms with E-state index in [1.807, 2.05) is 13.0 Å². The second-order valence-electron chi connectivity index (χ2n) is 3.92.